The first-order chi connectivity index (χ1) is 18.3. The smallest absolute Gasteiger partial charge is 0.326 e. The van der Waals surface area contributed by atoms with Gasteiger partial charge in [0.25, 0.3) is 5.56 Å². The van der Waals surface area contributed by atoms with Gasteiger partial charge < -0.3 is 34.1 Å². The number of hydrogen-bond donors (Lipinski definition) is 3. The van der Waals surface area contributed by atoms with Gasteiger partial charge in [0.05, 0.1) is 30.7 Å². The normalized spacial score (nSPS) is 23.1. The van der Waals surface area contributed by atoms with Crippen molar-refractivity contribution in [1.29, 1.82) is 0 Å². The number of hydrogen-bond acceptors (Lipinski definition) is 9. The number of aliphatic hydroxyl groups is 1. The second kappa shape index (κ2) is 11.4. The van der Waals surface area contributed by atoms with E-state index in [0.717, 1.165) is 48.6 Å². The third kappa shape index (κ3) is 5.58. The first kappa shape index (κ1) is 26.7. The Balaban J connectivity index is 1.36. The van der Waals surface area contributed by atoms with Crippen LogP contribution in [0.3, 0.4) is 0 Å². The number of nitrogens with zero attached hydrogens (tertiary/aromatic N) is 2. The highest BCUT2D eigenvalue weighted by Gasteiger charge is 2.36. The fourth-order valence-electron chi connectivity index (χ4n) is 5.59. The van der Waals surface area contributed by atoms with Crippen LogP contribution >= 0.6 is 0 Å². The van der Waals surface area contributed by atoms with Crippen molar-refractivity contribution in [3.05, 3.63) is 57.5 Å². The van der Waals surface area contributed by atoms with Gasteiger partial charge in [0, 0.05) is 56.6 Å². The lowest BCUT2D eigenvalue weighted by Crippen LogP contribution is -2.46. The summed E-state index contributed by atoms with van der Waals surface area (Å²) in [5.74, 6) is -0.467. The molecule has 0 radical (unpaired) electrons. The molecule has 2 fully saturated rings. The number of carbonyl (C=O) groups is 1. The van der Waals surface area contributed by atoms with E-state index in [1.165, 1.54) is 0 Å². The lowest BCUT2D eigenvalue weighted by molar-refractivity contribution is -0.154. The van der Waals surface area contributed by atoms with Gasteiger partial charge in [-0.15, -0.1) is 0 Å². The number of pyridine rings is 1. The number of esters is 1. The van der Waals surface area contributed by atoms with Gasteiger partial charge in [0.2, 0.25) is 0 Å². The Hall–Kier alpha value is -2.92. The molecule has 4 heterocycles. The molecule has 0 aliphatic carbocycles. The van der Waals surface area contributed by atoms with Crippen LogP contribution in [0.1, 0.15) is 49.0 Å². The summed E-state index contributed by atoms with van der Waals surface area (Å²) >= 11 is 0. The number of anilines is 2. The van der Waals surface area contributed by atoms with Crippen molar-refractivity contribution >= 4 is 17.3 Å². The van der Waals surface area contributed by atoms with Crippen LogP contribution in [0.2, 0.25) is 0 Å². The number of carbonyl (C=O) groups excluding carboxylic acids is 1. The highest BCUT2D eigenvalue weighted by Crippen LogP contribution is 2.44. The SMILES string of the molecule is Cc1cc([C@H]2Nc3cc(CN[C@H](C(=O)O[C@H]4CCOC4)[C@H](C)O)ccc3N2C2CCOCC2)cn(C)c1=O. The minimum atomic E-state index is -0.904. The maximum atomic E-state index is 12.7. The summed E-state index contributed by atoms with van der Waals surface area (Å²) in [4.78, 5) is 27.5. The Bertz CT molecular complexity index is 1180. The number of aromatic nitrogens is 1. The van der Waals surface area contributed by atoms with E-state index in [9.17, 15) is 14.7 Å². The van der Waals surface area contributed by atoms with E-state index in [1.807, 2.05) is 25.3 Å². The van der Waals surface area contributed by atoms with Gasteiger partial charge in [-0.05, 0) is 50.5 Å². The zero-order valence-corrected chi connectivity index (χ0v) is 22.3. The minimum absolute atomic E-state index is 0.00175. The molecule has 3 N–H and O–H groups in total. The molecular weight excluding hydrogens is 488 g/mol. The predicted octanol–water partition coefficient (Wildman–Crippen LogP) is 1.97. The quantitative estimate of drug-likeness (QED) is 0.444. The molecule has 0 bridgehead atoms. The topological polar surface area (TPSA) is 114 Å². The monoisotopic (exact) mass is 526 g/mol. The largest absolute Gasteiger partial charge is 0.459 e. The summed E-state index contributed by atoms with van der Waals surface area (Å²) in [6, 6.07) is 7.67. The Morgan fingerprint density at radius 2 is 1.97 bits per heavy atom. The molecule has 0 saturated carbocycles. The fraction of sp³-hybridized carbons (Fsp3) is 0.571. The zero-order chi connectivity index (χ0) is 26.8. The number of fused-ring (bicyclic) bond motifs is 1. The van der Waals surface area contributed by atoms with Crippen LogP contribution in [0.5, 0.6) is 0 Å². The Morgan fingerprint density at radius 3 is 2.66 bits per heavy atom. The third-order valence-corrected chi connectivity index (χ3v) is 7.63. The molecule has 3 aliphatic rings. The standard InChI is InChI=1S/C28H38N4O6/c1-17-12-20(15-31(3)27(17)34)26-30-23-13-19(4-5-24(23)32(26)21-6-9-36-10-7-21)14-29-25(18(2)33)28(35)38-22-8-11-37-16-22/h4-5,12-13,15,18,21-22,25-26,29-30,33H,6-11,14,16H2,1-3H3/t18-,22-,25-,26-/m0/s1. The van der Waals surface area contributed by atoms with E-state index in [1.54, 1.807) is 18.5 Å². The van der Waals surface area contributed by atoms with Gasteiger partial charge in [0.1, 0.15) is 18.3 Å². The van der Waals surface area contributed by atoms with Crippen LogP contribution in [0.25, 0.3) is 0 Å². The van der Waals surface area contributed by atoms with E-state index in [-0.39, 0.29) is 17.8 Å². The van der Waals surface area contributed by atoms with Gasteiger partial charge in [-0.25, -0.2) is 0 Å². The first-order valence-corrected chi connectivity index (χ1v) is 13.4. The van der Waals surface area contributed by atoms with Crippen LogP contribution in [0.4, 0.5) is 11.4 Å². The number of aryl methyl sites for hydroxylation is 2. The van der Waals surface area contributed by atoms with Crippen LogP contribution in [-0.2, 0) is 32.6 Å². The Kier molecular flexibility index (Phi) is 8.04. The summed E-state index contributed by atoms with van der Waals surface area (Å²) in [5, 5.41) is 17.1. The number of benzene rings is 1. The average Bonchev–Trinajstić information content (AvgIpc) is 3.55. The average molecular weight is 527 g/mol. The van der Waals surface area contributed by atoms with Gasteiger partial charge >= 0.3 is 5.97 Å². The molecule has 2 saturated heterocycles. The van der Waals surface area contributed by atoms with Crippen molar-refractivity contribution in [3.63, 3.8) is 0 Å². The Labute approximate surface area is 222 Å². The van der Waals surface area contributed by atoms with Gasteiger partial charge in [-0.3, -0.25) is 14.9 Å². The Morgan fingerprint density at radius 1 is 1.21 bits per heavy atom. The highest BCUT2D eigenvalue weighted by molar-refractivity contribution is 5.78. The highest BCUT2D eigenvalue weighted by atomic mass is 16.6. The van der Waals surface area contributed by atoms with Crippen molar-refractivity contribution in [2.45, 2.75) is 70.1 Å². The fourth-order valence-corrected chi connectivity index (χ4v) is 5.59. The second-order valence-corrected chi connectivity index (χ2v) is 10.5. The van der Waals surface area contributed by atoms with E-state index >= 15 is 0 Å². The van der Waals surface area contributed by atoms with Crippen LogP contribution < -0.4 is 21.1 Å². The molecule has 10 heteroatoms. The number of ether oxygens (including phenoxy) is 3. The van der Waals surface area contributed by atoms with Gasteiger partial charge in [-0.2, -0.15) is 0 Å². The molecule has 5 rings (SSSR count). The number of aliphatic hydroxyl groups excluding tert-OH is 1. The van der Waals surface area contributed by atoms with Crippen LogP contribution in [-0.4, -0.2) is 66.4 Å². The van der Waals surface area contributed by atoms with E-state index < -0.39 is 18.1 Å². The second-order valence-electron chi connectivity index (χ2n) is 10.5. The number of rotatable bonds is 8. The molecule has 0 amide bonds. The van der Waals surface area contributed by atoms with E-state index in [4.69, 9.17) is 14.2 Å². The predicted molar refractivity (Wildman–Crippen MR) is 143 cm³/mol. The van der Waals surface area contributed by atoms with Crippen molar-refractivity contribution in [2.24, 2.45) is 7.05 Å². The maximum absolute atomic E-state index is 12.7. The summed E-state index contributed by atoms with van der Waals surface area (Å²) in [7, 11) is 1.78. The maximum Gasteiger partial charge on any atom is 0.326 e. The van der Waals surface area contributed by atoms with Crippen LogP contribution in [0, 0.1) is 6.92 Å². The minimum Gasteiger partial charge on any atom is -0.459 e. The van der Waals surface area contributed by atoms with Crippen molar-refractivity contribution in [2.75, 3.05) is 36.6 Å². The van der Waals surface area contributed by atoms with Crippen molar-refractivity contribution in [1.82, 2.24) is 9.88 Å². The molecule has 4 atom stereocenters. The molecule has 10 nitrogen and oxygen atoms in total. The lowest BCUT2D eigenvalue weighted by atomic mass is 10.0. The summed E-state index contributed by atoms with van der Waals surface area (Å²) in [6.45, 7) is 6.25. The number of nitrogens with one attached hydrogen (secondary N) is 2. The molecule has 2 aromatic rings. The molecular formula is C28H38N4O6. The van der Waals surface area contributed by atoms with Gasteiger partial charge in [-0.1, -0.05) is 6.07 Å². The molecule has 38 heavy (non-hydrogen) atoms. The van der Waals surface area contributed by atoms with Crippen molar-refractivity contribution in [3.8, 4) is 0 Å². The summed E-state index contributed by atoms with van der Waals surface area (Å²) in [6.07, 6.45) is 3.15. The molecule has 0 unspecified atom stereocenters. The van der Waals surface area contributed by atoms with Crippen LogP contribution in [0.15, 0.2) is 35.3 Å². The van der Waals surface area contributed by atoms with E-state index in [2.05, 4.69) is 27.7 Å². The lowest BCUT2D eigenvalue weighted by Gasteiger charge is -2.37. The molecule has 0 spiro atoms. The molecule has 206 valence electrons. The molecule has 1 aromatic carbocycles. The third-order valence-electron chi connectivity index (χ3n) is 7.63. The van der Waals surface area contributed by atoms with Crippen molar-refractivity contribution < 1.29 is 24.1 Å². The molecule has 3 aliphatic heterocycles. The zero-order valence-electron chi connectivity index (χ0n) is 22.3. The van der Waals surface area contributed by atoms with E-state index in [0.29, 0.717) is 37.8 Å². The van der Waals surface area contributed by atoms with Gasteiger partial charge in [0.15, 0.2) is 0 Å². The molecule has 1 aromatic heterocycles. The summed E-state index contributed by atoms with van der Waals surface area (Å²) < 4.78 is 18.1. The first-order valence-electron chi connectivity index (χ1n) is 13.4. The summed E-state index contributed by atoms with van der Waals surface area (Å²) in [5.41, 5.74) is 4.81.